The van der Waals surface area contributed by atoms with Gasteiger partial charge in [0.25, 0.3) is 5.91 Å². The number of amides is 1. The van der Waals surface area contributed by atoms with E-state index < -0.39 is 0 Å². The van der Waals surface area contributed by atoms with E-state index in [1.807, 2.05) is 54.6 Å². The maximum atomic E-state index is 12.4. The molecule has 5 nitrogen and oxygen atoms in total. The van der Waals surface area contributed by atoms with E-state index >= 15 is 0 Å². The summed E-state index contributed by atoms with van der Waals surface area (Å²) in [5.74, 6) is 0.611. The molecule has 8 heteroatoms. The number of carbonyl (C=O) groups is 1. The molecule has 2 aliphatic heterocycles. The van der Waals surface area contributed by atoms with Gasteiger partial charge in [-0.25, -0.2) is 4.98 Å². The van der Waals surface area contributed by atoms with Crippen LogP contribution in [0.15, 0.2) is 69.1 Å². The molecular formula is C21H18BrClN4OS. The van der Waals surface area contributed by atoms with Crippen LogP contribution in [-0.4, -0.2) is 47.1 Å². The van der Waals surface area contributed by atoms with Crippen LogP contribution in [0, 0.1) is 0 Å². The van der Waals surface area contributed by atoms with E-state index in [9.17, 15) is 4.79 Å². The van der Waals surface area contributed by atoms with Gasteiger partial charge in [-0.1, -0.05) is 57.9 Å². The third-order valence-corrected chi connectivity index (χ3v) is 6.37. The van der Waals surface area contributed by atoms with Crippen LogP contribution in [0.25, 0.3) is 6.08 Å². The van der Waals surface area contributed by atoms with Crippen molar-refractivity contribution in [3.05, 3.63) is 74.7 Å². The zero-order valence-electron chi connectivity index (χ0n) is 15.5. The largest absolute Gasteiger partial charge is 0.352 e. The molecule has 1 fully saturated rings. The second-order valence-corrected chi connectivity index (χ2v) is 8.86. The van der Waals surface area contributed by atoms with Crippen LogP contribution in [0.4, 0.5) is 5.82 Å². The van der Waals surface area contributed by atoms with Gasteiger partial charge in [0.15, 0.2) is 5.17 Å². The molecular weight excluding hydrogens is 472 g/mol. The summed E-state index contributed by atoms with van der Waals surface area (Å²) in [6, 6.07) is 13.6. The molecule has 3 heterocycles. The van der Waals surface area contributed by atoms with Gasteiger partial charge in [-0.3, -0.25) is 4.79 Å². The van der Waals surface area contributed by atoms with E-state index in [4.69, 9.17) is 11.6 Å². The summed E-state index contributed by atoms with van der Waals surface area (Å²) < 4.78 is 0.839. The molecule has 0 spiro atoms. The molecule has 4 rings (SSSR count). The van der Waals surface area contributed by atoms with Crippen molar-refractivity contribution in [2.24, 2.45) is 4.99 Å². The van der Waals surface area contributed by atoms with Gasteiger partial charge in [0.05, 0.1) is 9.93 Å². The van der Waals surface area contributed by atoms with E-state index in [-0.39, 0.29) is 5.91 Å². The van der Waals surface area contributed by atoms with Crippen LogP contribution in [0.2, 0.25) is 5.02 Å². The van der Waals surface area contributed by atoms with Crippen LogP contribution >= 0.6 is 39.3 Å². The van der Waals surface area contributed by atoms with Gasteiger partial charge in [0.2, 0.25) is 0 Å². The third kappa shape index (κ3) is 4.91. The molecule has 1 amide bonds. The summed E-state index contributed by atoms with van der Waals surface area (Å²) in [6.45, 7) is 3.09. The molecule has 2 aromatic rings. The summed E-state index contributed by atoms with van der Waals surface area (Å²) in [5.41, 5.74) is 1.07. The van der Waals surface area contributed by atoms with Crippen molar-refractivity contribution >= 4 is 62.3 Å². The first kappa shape index (κ1) is 20.2. The molecule has 1 aromatic carbocycles. The number of rotatable bonds is 3. The monoisotopic (exact) mass is 488 g/mol. The van der Waals surface area contributed by atoms with Gasteiger partial charge in [-0.05, 0) is 41.6 Å². The molecule has 0 saturated carbocycles. The quantitative estimate of drug-likeness (QED) is 0.579. The van der Waals surface area contributed by atoms with Gasteiger partial charge in [0.1, 0.15) is 5.82 Å². The SMILES string of the molecule is O=C1N=C(N2CCN(c3ncccc3Cl)CC2)SC1=CC(Br)=Cc1ccccc1. The minimum absolute atomic E-state index is 0.196. The first-order valence-corrected chi connectivity index (χ1v) is 11.1. The lowest BCUT2D eigenvalue weighted by Gasteiger charge is -2.36. The van der Waals surface area contributed by atoms with E-state index in [0.717, 1.165) is 47.2 Å². The molecule has 0 bridgehead atoms. The lowest BCUT2D eigenvalue weighted by Crippen LogP contribution is -2.48. The molecule has 0 aliphatic carbocycles. The number of hydrogen-bond donors (Lipinski definition) is 0. The maximum absolute atomic E-state index is 12.4. The van der Waals surface area contributed by atoms with Crippen LogP contribution in [0.3, 0.4) is 0 Å². The second kappa shape index (κ2) is 9.15. The Labute approximate surface area is 187 Å². The van der Waals surface area contributed by atoms with Gasteiger partial charge in [-0.15, -0.1) is 0 Å². The van der Waals surface area contributed by atoms with Crippen molar-refractivity contribution in [2.75, 3.05) is 31.1 Å². The first-order valence-electron chi connectivity index (χ1n) is 9.15. The van der Waals surface area contributed by atoms with Crippen molar-refractivity contribution in [1.29, 1.82) is 0 Å². The van der Waals surface area contributed by atoms with Crippen molar-refractivity contribution in [2.45, 2.75) is 0 Å². The normalized spacial score (nSPS) is 19.1. The number of aromatic nitrogens is 1. The summed E-state index contributed by atoms with van der Waals surface area (Å²) in [7, 11) is 0. The predicted molar refractivity (Wildman–Crippen MR) is 124 cm³/mol. The summed E-state index contributed by atoms with van der Waals surface area (Å²) >= 11 is 11.2. The molecule has 0 N–H and O–H groups in total. The van der Waals surface area contributed by atoms with Gasteiger partial charge in [0, 0.05) is 36.9 Å². The van der Waals surface area contributed by atoms with E-state index in [1.165, 1.54) is 11.8 Å². The second-order valence-electron chi connectivity index (χ2n) is 6.53. The number of nitrogens with zero attached hydrogens (tertiary/aromatic N) is 4. The molecule has 0 atom stereocenters. The molecule has 0 radical (unpaired) electrons. The number of aliphatic imine (C=N–C) groups is 1. The van der Waals surface area contributed by atoms with Gasteiger partial charge >= 0.3 is 0 Å². The number of thioether (sulfide) groups is 1. The maximum Gasteiger partial charge on any atom is 0.286 e. The smallest absolute Gasteiger partial charge is 0.286 e. The Balaban J connectivity index is 1.39. The lowest BCUT2D eigenvalue weighted by atomic mass is 10.2. The Morgan fingerprint density at radius 1 is 1.07 bits per heavy atom. The number of hydrogen-bond acceptors (Lipinski definition) is 5. The number of piperazine rings is 1. The standard InChI is InChI=1S/C21H18BrClN4OS/c22-16(13-15-5-2-1-3-6-15)14-18-20(28)25-21(29-18)27-11-9-26(10-12-27)19-17(23)7-4-8-24-19/h1-8,13-14H,9-12H2. The summed E-state index contributed by atoms with van der Waals surface area (Å²) in [6.07, 6.45) is 5.57. The number of anilines is 1. The van der Waals surface area contributed by atoms with Crippen molar-refractivity contribution in [3.8, 4) is 0 Å². The summed E-state index contributed by atoms with van der Waals surface area (Å²) in [5, 5.41) is 1.41. The fraction of sp³-hybridized carbons (Fsp3) is 0.190. The zero-order chi connectivity index (χ0) is 20.2. The summed E-state index contributed by atoms with van der Waals surface area (Å²) in [4.78, 5) is 25.9. The molecule has 2 aliphatic rings. The number of halogens is 2. The molecule has 1 aromatic heterocycles. The van der Waals surface area contributed by atoms with Crippen molar-refractivity contribution in [3.63, 3.8) is 0 Å². The third-order valence-electron chi connectivity index (χ3n) is 4.57. The molecule has 1 saturated heterocycles. The average Bonchev–Trinajstić information content (AvgIpc) is 3.09. The highest BCUT2D eigenvalue weighted by molar-refractivity contribution is 9.12. The Bertz CT molecular complexity index is 1000. The molecule has 0 unspecified atom stereocenters. The van der Waals surface area contributed by atoms with Crippen molar-refractivity contribution in [1.82, 2.24) is 9.88 Å². The number of pyridine rings is 1. The number of carbonyl (C=O) groups excluding carboxylic acids is 1. The highest BCUT2D eigenvalue weighted by Gasteiger charge is 2.29. The predicted octanol–water partition coefficient (Wildman–Crippen LogP) is 4.81. The Hall–Kier alpha value is -2.09. The van der Waals surface area contributed by atoms with Crippen LogP contribution in [0.1, 0.15) is 5.56 Å². The number of benzene rings is 1. The zero-order valence-corrected chi connectivity index (χ0v) is 18.6. The Morgan fingerprint density at radius 2 is 1.79 bits per heavy atom. The molecule has 29 heavy (non-hydrogen) atoms. The first-order chi connectivity index (χ1) is 14.1. The highest BCUT2D eigenvalue weighted by Crippen LogP contribution is 2.32. The fourth-order valence-electron chi connectivity index (χ4n) is 3.13. The van der Waals surface area contributed by atoms with Crippen LogP contribution in [-0.2, 0) is 4.79 Å². The Kier molecular flexibility index (Phi) is 6.37. The highest BCUT2D eigenvalue weighted by atomic mass is 79.9. The minimum Gasteiger partial charge on any atom is -0.352 e. The van der Waals surface area contributed by atoms with E-state index in [0.29, 0.717) is 9.93 Å². The van der Waals surface area contributed by atoms with E-state index in [1.54, 1.807) is 6.20 Å². The number of amidine groups is 1. The fourth-order valence-corrected chi connectivity index (χ4v) is 4.97. The minimum atomic E-state index is -0.196. The van der Waals surface area contributed by atoms with E-state index in [2.05, 4.69) is 35.7 Å². The topological polar surface area (TPSA) is 48.8 Å². The number of allylic oxidation sites excluding steroid dienone is 2. The molecule has 148 valence electrons. The van der Waals surface area contributed by atoms with Gasteiger partial charge in [-0.2, -0.15) is 4.99 Å². The van der Waals surface area contributed by atoms with Crippen LogP contribution in [0.5, 0.6) is 0 Å². The van der Waals surface area contributed by atoms with Crippen LogP contribution < -0.4 is 4.90 Å². The average molecular weight is 490 g/mol. The van der Waals surface area contributed by atoms with Gasteiger partial charge < -0.3 is 9.80 Å². The van der Waals surface area contributed by atoms with Crippen molar-refractivity contribution < 1.29 is 4.79 Å². The lowest BCUT2D eigenvalue weighted by molar-refractivity contribution is -0.113. The Morgan fingerprint density at radius 3 is 2.52 bits per heavy atom.